The summed E-state index contributed by atoms with van der Waals surface area (Å²) in [5.74, 6) is 0. The third kappa shape index (κ3) is 4.26. The van der Waals surface area contributed by atoms with Crippen LogP contribution in [0.5, 0.6) is 0 Å². The van der Waals surface area contributed by atoms with Crippen LogP contribution in [-0.2, 0) is 5.41 Å². The number of rotatable bonds is 5. The van der Waals surface area contributed by atoms with Crippen LogP contribution in [0.3, 0.4) is 0 Å². The molecule has 240 valence electrons. The fraction of sp³-hybridized carbons (Fsp3) is 0.0400. The van der Waals surface area contributed by atoms with Crippen molar-refractivity contribution in [2.75, 3.05) is 7.05 Å². The maximum Gasteiger partial charge on any atom is 0.143 e. The van der Waals surface area contributed by atoms with Crippen LogP contribution in [-0.4, -0.2) is 7.05 Å². The Balaban J connectivity index is 1.19. The van der Waals surface area contributed by atoms with Crippen LogP contribution in [0.4, 0.5) is 17.1 Å². The van der Waals surface area contributed by atoms with E-state index in [9.17, 15) is 0 Å². The van der Waals surface area contributed by atoms with Crippen LogP contribution in [0.15, 0.2) is 200 Å². The van der Waals surface area contributed by atoms with Crippen LogP contribution in [0, 0.1) is 0 Å². The molecule has 0 unspecified atom stereocenters. The molecule has 8 aromatic rings. The molecule has 0 radical (unpaired) electrons. The molecular formula is C50H36N+. The fourth-order valence-electron chi connectivity index (χ4n) is 8.98. The minimum atomic E-state index is -0.351. The van der Waals surface area contributed by atoms with Gasteiger partial charge in [0.15, 0.2) is 0 Å². The molecule has 0 amide bonds. The number of fused-ring (bicyclic) bond motifs is 10. The number of quaternary nitrogens is 1. The van der Waals surface area contributed by atoms with E-state index < -0.39 is 0 Å². The SMILES string of the molecule is C[N+](c1ccc(-c2ccccc2)cc1)(c1ccc(-c2ccccc2)cc1)c1ccc2c(c1)-c1ccccc1C21c2ccccc2-c2ccccc21. The topological polar surface area (TPSA) is 0 Å². The zero-order valence-electron chi connectivity index (χ0n) is 28.5. The molecule has 1 spiro atoms. The summed E-state index contributed by atoms with van der Waals surface area (Å²) < 4.78 is 0.528. The van der Waals surface area contributed by atoms with Crippen LogP contribution >= 0.6 is 0 Å². The lowest BCUT2D eigenvalue weighted by Crippen LogP contribution is -2.34. The Morgan fingerprint density at radius 1 is 0.294 bits per heavy atom. The first-order chi connectivity index (χ1) is 25.2. The lowest BCUT2D eigenvalue weighted by atomic mass is 9.70. The third-order valence-electron chi connectivity index (χ3n) is 11.5. The second-order valence-corrected chi connectivity index (χ2v) is 13.9. The Morgan fingerprint density at radius 3 is 1.08 bits per heavy atom. The van der Waals surface area contributed by atoms with Gasteiger partial charge in [-0.3, -0.25) is 0 Å². The number of benzene rings is 8. The second kappa shape index (κ2) is 11.4. The first-order valence-corrected chi connectivity index (χ1v) is 17.8. The maximum atomic E-state index is 2.47. The van der Waals surface area contributed by atoms with E-state index >= 15 is 0 Å². The highest BCUT2D eigenvalue weighted by Crippen LogP contribution is 2.63. The lowest BCUT2D eigenvalue weighted by molar-refractivity contribution is 0.627. The fourth-order valence-corrected chi connectivity index (χ4v) is 8.98. The monoisotopic (exact) mass is 650 g/mol. The van der Waals surface area contributed by atoms with Crippen LogP contribution < -0.4 is 4.48 Å². The Labute approximate surface area is 300 Å². The average Bonchev–Trinajstić information content (AvgIpc) is 3.68. The van der Waals surface area contributed by atoms with Crippen molar-refractivity contribution < 1.29 is 0 Å². The molecule has 0 bridgehead atoms. The zero-order valence-corrected chi connectivity index (χ0v) is 28.5. The van der Waals surface area contributed by atoms with Crippen molar-refractivity contribution >= 4 is 17.1 Å². The molecule has 8 aromatic carbocycles. The molecule has 1 nitrogen and oxygen atoms in total. The number of nitrogens with zero attached hydrogens (tertiary/aromatic N) is 1. The van der Waals surface area contributed by atoms with E-state index in [1.807, 2.05) is 0 Å². The second-order valence-electron chi connectivity index (χ2n) is 13.9. The molecule has 0 heterocycles. The third-order valence-corrected chi connectivity index (χ3v) is 11.5. The normalized spacial score (nSPS) is 13.4. The van der Waals surface area contributed by atoms with E-state index in [1.54, 1.807) is 0 Å². The van der Waals surface area contributed by atoms with Crippen molar-refractivity contribution in [2.45, 2.75) is 5.41 Å². The highest BCUT2D eigenvalue weighted by atomic mass is 15.3. The van der Waals surface area contributed by atoms with Crippen molar-refractivity contribution in [3.63, 3.8) is 0 Å². The molecule has 0 fully saturated rings. The summed E-state index contributed by atoms with van der Waals surface area (Å²) in [7, 11) is 2.34. The molecule has 1 heteroatoms. The number of hydrogen-bond donors (Lipinski definition) is 0. The van der Waals surface area contributed by atoms with Gasteiger partial charge in [-0.1, -0.05) is 140 Å². The summed E-state index contributed by atoms with van der Waals surface area (Å²) in [6.45, 7) is 0. The van der Waals surface area contributed by atoms with Gasteiger partial charge in [-0.15, -0.1) is 0 Å². The van der Waals surface area contributed by atoms with Gasteiger partial charge >= 0.3 is 0 Å². The van der Waals surface area contributed by atoms with Gasteiger partial charge in [0.1, 0.15) is 17.1 Å². The first kappa shape index (κ1) is 29.6. The molecule has 0 atom stereocenters. The molecule has 0 aromatic heterocycles. The predicted molar refractivity (Wildman–Crippen MR) is 214 cm³/mol. The molecule has 2 aliphatic rings. The summed E-state index contributed by atoms with van der Waals surface area (Å²) in [6.07, 6.45) is 0. The molecular weight excluding hydrogens is 615 g/mol. The van der Waals surface area contributed by atoms with Crippen LogP contribution in [0.1, 0.15) is 22.3 Å². The van der Waals surface area contributed by atoms with E-state index in [0.29, 0.717) is 4.48 Å². The van der Waals surface area contributed by atoms with E-state index in [0.717, 1.165) is 0 Å². The van der Waals surface area contributed by atoms with Gasteiger partial charge in [0.2, 0.25) is 0 Å². The Hall–Kier alpha value is -6.28. The van der Waals surface area contributed by atoms with E-state index in [1.165, 1.54) is 83.8 Å². The highest BCUT2D eigenvalue weighted by Gasteiger charge is 2.52. The van der Waals surface area contributed by atoms with Crippen molar-refractivity contribution in [3.8, 4) is 44.5 Å². The largest absolute Gasteiger partial charge is 0.229 e. The summed E-state index contributed by atoms with van der Waals surface area (Å²) in [5.41, 5.74) is 18.9. The molecule has 2 aliphatic carbocycles. The molecule has 10 rings (SSSR count). The van der Waals surface area contributed by atoms with Crippen molar-refractivity contribution in [1.29, 1.82) is 0 Å². The van der Waals surface area contributed by atoms with Crippen molar-refractivity contribution in [1.82, 2.24) is 4.48 Å². The van der Waals surface area contributed by atoms with Gasteiger partial charge in [0.05, 0.1) is 12.5 Å². The zero-order chi connectivity index (χ0) is 34.0. The van der Waals surface area contributed by atoms with E-state index in [-0.39, 0.29) is 5.41 Å². The van der Waals surface area contributed by atoms with Gasteiger partial charge in [-0.2, -0.15) is 0 Å². The Morgan fingerprint density at radius 2 is 0.627 bits per heavy atom. The quantitative estimate of drug-likeness (QED) is 0.163. The maximum absolute atomic E-state index is 2.47. The van der Waals surface area contributed by atoms with Crippen LogP contribution in [0.2, 0.25) is 0 Å². The van der Waals surface area contributed by atoms with E-state index in [4.69, 9.17) is 0 Å². The minimum Gasteiger partial charge on any atom is -0.229 e. The molecule has 0 N–H and O–H groups in total. The van der Waals surface area contributed by atoms with Crippen molar-refractivity contribution in [3.05, 3.63) is 222 Å². The summed E-state index contributed by atoms with van der Waals surface area (Å²) in [4.78, 5) is 0. The molecule has 0 saturated heterocycles. The average molecular weight is 651 g/mol. The van der Waals surface area contributed by atoms with Gasteiger partial charge in [-0.25, -0.2) is 4.48 Å². The number of hydrogen-bond acceptors (Lipinski definition) is 0. The first-order valence-electron chi connectivity index (χ1n) is 17.8. The predicted octanol–water partition coefficient (Wildman–Crippen LogP) is 13.0. The minimum absolute atomic E-state index is 0.351. The summed E-state index contributed by atoms with van der Waals surface area (Å²) in [6, 6.07) is 74.0. The van der Waals surface area contributed by atoms with Gasteiger partial charge in [0, 0.05) is 36.4 Å². The Kier molecular flexibility index (Phi) is 6.61. The standard InChI is InChI=1S/C50H36N/c1-51(39-28-24-37(25-29-39)35-14-4-2-5-15-35,40-30-26-38(27-31-40)36-16-6-3-7-17-36)41-32-33-49-45(34-41)44-20-10-13-23-48(44)50(49)46-21-11-8-18-42(46)43-19-9-12-22-47(43)50/h2-34H,1H3/q+1. The van der Waals surface area contributed by atoms with Crippen LogP contribution in [0.25, 0.3) is 44.5 Å². The Bertz CT molecular complexity index is 2440. The molecule has 0 saturated carbocycles. The van der Waals surface area contributed by atoms with Crippen molar-refractivity contribution in [2.24, 2.45) is 0 Å². The lowest BCUT2D eigenvalue weighted by Gasteiger charge is -2.34. The van der Waals surface area contributed by atoms with Gasteiger partial charge < -0.3 is 0 Å². The van der Waals surface area contributed by atoms with E-state index in [2.05, 4.69) is 207 Å². The summed E-state index contributed by atoms with van der Waals surface area (Å²) in [5, 5.41) is 0. The van der Waals surface area contributed by atoms with Gasteiger partial charge in [-0.05, 0) is 91.0 Å². The molecule has 51 heavy (non-hydrogen) atoms. The summed E-state index contributed by atoms with van der Waals surface area (Å²) >= 11 is 0. The molecule has 0 aliphatic heterocycles. The smallest absolute Gasteiger partial charge is 0.143 e. The van der Waals surface area contributed by atoms with Gasteiger partial charge in [0.25, 0.3) is 0 Å². The highest BCUT2D eigenvalue weighted by molar-refractivity contribution is 5.96.